The van der Waals surface area contributed by atoms with Crippen molar-refractivity contribution in [2.75, 3.05) is 7.05 Å². The summed E-state index contributed by atoms with van der Waals surface area (Å²) < 4.78 is 40.4. The molecule has 0 N–H and O–H groups in total. The number of hydrogen-bond acceptors (Lipinski definition) is 3. The van der Waals surface area contributed by atoms with Crippen molar-refractivity contribution in [1.29, 1.82) is 0 Å². The maximum atomic E-state index is 13.0. The van der Waals surface area contributed by atoms with Gasteiger partial charge in [-0.1, -0.05) is 0 Å². The van der Waals surface area contributed by atoms with Crippen LogP contribution in [0.2, 0.25) is 0 Å². The monoisotopic (exact) mass is 290 g/mol. The molecule has 1 amide bonds. The third kappa shape index (κ3) is 2.27. The standard InChI is InChI=1S/C12H17F3N4O/c1-10(2,3)19-7-16-8(17-19)9(20)18(4)11(5-6-11)12(13,14)15/h7H,5-6H2,1-4H3. The molecule has 8 heteroatoms. The summed E-state index contributed by atoms with van der Waals surface area (Å²) in [5.41, 5.74) is -2.43. The summed E-state index contributed by atoms with van der Waals surface area (Å²) >= 11 is 0. The zero-order chi connectivity index (χ0) is 15.3. The van der Waals surface area contributed by atoms with Gasteiger partial charge in [-0.15, -0.1) is 5.10 Å². The smallest absolute Gasteiger partial charge is 0.324 e. The number of rotatable bonds is 2. The molecule has 1 aliphatic rings. The van der Waals surface area contributed by atoms with Gasteiger partial charge in [-0.2, -0.15) is 13.2 Å². The summed E-state index contributed by atoms with van der Waals surface area (Å²) in [7, 11) is 1.15. The third-order valence-electron chi connectivity index (χ3n) is 3.57. The van der Waals surface area contributed by atoms with Crippen LogP contribution in [-0.2, 0) is 5.54 Å². The average Bonchev–Trinajstić information content (AvgIpc) is 2.96. The second-order valence-electron chi connectivity index (χ2n) is 6.08. The van der Waals surface area contributed by atoms with Crippen molar-refractivity contribution in [3.05, 3.63) is 12.2 Å². The predicted octanol–water partition coefficient (Wildman–Crippen LogP) is 2.20. The molecule has 5 nitrogen and oxygen atoms in total. The van der Waals surface area contributed by atoms with E-state index in [0.29, 0.717) is 0 Å². The molecule has 112 valence electrons. The van der Waals surface area contributed by atoms with E-state index in [4.69, 9.17) is 0 Å². The minimum absolute atomic E-state index is 0.0707. The number of nitrogens with zero attached hydrogens (tertiary/aromatic N) is 4. The van der Waals surface area contributed by atoms with Gasteiger partial charge in [0.05, 0.1) is 5.54 Å². The van der Waals surface area contributed by atoms with E-state index in [1.165, 1.54) is 11.0 Å². The molecule has 1 heterocycles. The van der Waals surface area contributed by atoms with Crippen LogP contribution < -0.4 is 0 Å². The highest BCUT2D eigenvalue weighted by Crippen LogP contribution is 2.53. The van der Waals surface area contributed by atoms with Gasteiger partial charge in [0.15, 0.2) is 0 Å². The van der Waals surface area contributed by atoms with Gasteiger partial charge in [0, 0.05) is 7.05 Å². The van der Waals surface area contributed by atoms with Crippen molar-refractivity contribution in [1.82, 2.24) is 19.7 Å². The molecule has 0 atom stereocenters. The number of carbonyl (C=O) groups excluding carboxylic acids is 1. The Balaban J connectivity index is 2.22. The molecule has 1 aromatic heterocycles. The van der Waals surface area contributed by atoms with Gasteiger partial charge in [-0.05, 0) is 33.6 Å². The Kier molecular flexibility index (Phi) is 3.10. The number of carbonyl (C=O) groups is 1. The van der Waals surface area contributed by atoms with E-state index in [1.54, 1.807) is 0 Å². The van der Waals surface area contributed by atoms with Gasteiger partial charge < -0.3 is 4.90 Å². The number of hydrogen-bond donors (Lipinski definition) is 0. The van der Waals surface area contributed by atoms with Gasteiger partial charge in [-0.3, -0.25) is 4.79 Å². The van der Waals surface area contributed by atoms with E-state index in [-0.39, 0.29) is 24.2 Å². The molecule has 2 rings (SSSR count). The Morgan fingerprint density at radius 1 is 1.35 bits per heavy atom. The number of aromatic nitrogens is 3. The molecule has 0 unspecified atom stereocenters. The number of alkyl halides is 3. The summed E-state index contributed by atoms with van der Waals surface area (Å²) in [5, 5.41) is 3.97. The van der Waals surface area contributed by atoms with E-state index in [0.717, 1.165) is 11.9 Å². The minimum atomic E-state index is -4.43. The van der Waals surface area contributed by atoms with Crippen LogP contribution in [0.5, 0.6) is 0 Å². The highest BCUT2D eigenvalue weighted by atomic mass is 19.4. The quantitative estimate of drug-likeness (QED) is 0.839. The first kappa shape index (κ1) is 14.8. The Morgan fingerprint density at radius 3 is 2.25 bits per heavy atom. The van der Waals surface area contributed by atoms with E-state index in [2.05, 4.69) is 10.1 Å². The predicted molar refractivity (Wildman–Crippen MR) is 65.1 cm³/mol. The molecule has 1 fully saturated rings. The largest absolute Gasteiger partial charge is 0.411 e. The first-order valence-electron chi connectivity index (χ1n) is 6.26. The molecular formula is C12H17F3N4O. The summed E-state index contributed by atoms with van der Waals surface area (Å²) in [6.07, 6.45) is -3.21. The van der Waals surface area contributed by atoms with Crippen LogP contribution in [-0.4, -0.2) is 44.3 Å². The van der Waals surface area contributed by atoms with Crippen LogP contribution >= 0.6 is 0 Å². The second-order valence-corrected chi connectivity index (χ2v) is 6.08. The van der Waals surface area contributed by atoms with Crippen molar-refractivity contribution in [2.24, 2.45) is 0 Å². The van der Waals surface area contributed by atoms with Gasteiger partial charge in [0.25, 0.3) is 5.91 Å². The lowest BCUT2D eigenvalue weighted by molar-refractivity contribution is -0.185. The third-order valence-corrected chi connectivity index (χ3v) is 3.57. The summed E-state index contributed by atoms with van der Waals surface area (Å²) in [4.78, 5) is 16.6. The van der Waals surface area contributed by atoms with Gasteiger partial charge >= 0.3 is 6.18 Å². The van der Waals surface area contributed by atoms with Gasteiger partial charge in [-0.25, -0.2) is 9.67 Å². The number of halogens is 3. The van der Waals surface area contributed by atoms with Crippen molar-refractivity contribution in [3.63, 3.8) is 0 Å². The van der Waals surface area contributed by atoms with E-state index >= 15 is 0 Å². The molecule has 0 aliphatic heterocycles. The van der Waals surface area contributed by atoms with Gasteiger partial charge in [0.2, 0.25) is 5.82 Å². The highest BCUT2D eigenvalue weighted by molar-refractivity contribution is 5.91. The van der Waals surface area contributed by atoms with Crippen LogP contribution in [0.25, 0.3) is 0 Å². The second kappa shape index (κ2) is 4.20. The highest BCUT2D eigenvalue weighted by Gasteiger charge is 2.67. The molecule has 0 aromatic carbocycles. The molecular weight excluding hydrogens is 273 g/mol. The lowest BCUT2D eigenvalue weighted by Gasteiger charge is -2.29. The van der Waals surface area contributed by atoms with E-state index < -0.39 is 17.6 Å². The van der Waals surface area contributed by atoms with E-state index in [1.807, 2.05) is 20.8 Å². The van der Waals surface area contributed by atoms with Crippen molar-refractivity contribution in [2.45, 2.75) is 50.9 Å². The van der Waals surface area contributed by atoms with Crippen molar-refractivity contribution >= 4 is 5.91 Å². The first-order chi connectivity index (χ1) is 8.99. The van der Waals surface area contributed by atoms with Crippen LogP contribution in [0.3, 0.4) is 0 Å². The van der Waals surface area contributed by atoms with E-state index in [9.17, 15) is 18.0 Å². The van der Waals surface area contributed by atoms with Crippen LogP contribution in [0.4, 0.5) is 13.2 Å². The molecule has 1 saturated carbocycles. The fourth-order valence-electron chi connectivity index (χ4n) is 1.96. The SMILES string of the molecule is CN(C(=O)c1ncn(C(C)(C)C)n1)C1(C(F)(F)F)CC1. The lowest BCUT2D eigenvalue weighted by atomic mass is 10.1. The zero-order valence-electron chi connectivity index (χ0n) is 11.8. The van der Waals surface area contributed by atoms with Crippen LogP contribution in [0, 0.1) is 0 Å². The molecule has 1 aliphatic carbocycles. The zero-order valence-corrected chi connectivity index (χ0v) is 11.8. The molecule has 20 heavy (non-hydrogen) atoms. The maximum Gasteiger partial charge on any atom is 0.411 e. The maximum absolute atomic E-state index is 13.0. The Morgan fingerprint density at radius 2 is 1.90 bits per heavy atom. The van der Waals surface area contributed by atoms with Crippen LogP contribution in [0.15, 0.2) is 6.33 Å². The molecule has 0 radical (unpaired) electrons. The Bertz CT molecular complexity index is 526. The normalized spacial score (nSPS) is 17.9. The lowest BCUT2D eigenvalue weighted by Crippen LogP contribution is -2.49. The fourth-order valence-corrected chi connectivity index (χ4v) is 1.96. The minimum Gasteiger partial charge on any atom is -0.324 e. The Labute approximate surface area is 114 Å². The first-order valence-corrected chi connectivity index (χ1v) is 6.26. The average molecular weight is 290 g/mol. The summed E-state index contributed by atoms with van der Waals surface area (Å²) in [6.45, 7) is 5.58. The fraction of sp³-hybridized carbons (Fsp3) is 0.750. The molecule has 1 aromatic rings. The van der Waals surface area contributed by atoms with Gasteiger partial charge in [0.1, 0.15) is 11.9 Å². The van der Waals surface area contributed by atoms with Crippen molar-refractivity contribution in [3.8, 4) is 0 Å². The van der Waals surface area contributed by atoms with Crippen molar-refractivity contribution < 1.29 is 18.0 Å². The van der Waals surface area contributed by atoms with Crippen LogP contribution in [0.1, 0.15) is 44.2 Å². The Hall–Kier alpha value is -1.60. The molecule has 0 bridgehead atoms. The number of amides is 1. The molecule has 0 saturated heterocycles. The summed E-state index contributed by atoms with van der Waals surface area (Å²) in [6, 6.07) is 0. The topological polar surface area (TPSA) is 51.0 Å². The molecule has 0 spiro atoms. The summed E-state index contributed by atoms with van der Waals surface area (Å²) in [5.74, 6) is -1.01.